The summed E-state index contributed by atoms with van der Waals surface area (Å²) >= 11 is 0. The maximum Gasteiger partial charge on any atom is 0.249 e. The number of phenolic OH excluding ortho intramolecular Hbond substituents is 1. The van der Waals surface area contributed by atoms with E-state index < -0.39 is 29.9 Å². The van der Waals surface area contributed by atoms with Gasteiger partial charge in [-0.05, 0) is 141 Å². The number of aromatic hydroxyl groups is 1. The van der Waals surface area contributed by atoms with Crippen LogP contribution in [-0.4, -0.2) is 53.7 Å². The number of halogens is 1. The number of benzene rings is 2. The molecule has 8 N–H and O–H groups in total. The summed E-state index contributed by atoms with van der Waals surface area (Å²) in [5.41, 5.74) is 16.4. The van der Waals surface area contributed by atoms with E-state index >= 15 is 0 Å². The van der Waals surface area contributed by atoms with Crippen LogP contribution >= 0.6 is 0 Å². The van der Waals surface area contributed by atoms with Crippen molar-refractivity contribution in [3.8, 4) is 5.75 Å². The molecule has 4 aliphatic rings. The molecule has 13 nitrogen and oxygen atoms in total. The van der Waals surface area contributed by atoms with Gasteiger partial charge in [-0.1, -0.05) is 5.16 Å². The molecule has 5 aromatic rings. The zero-order chi connectivity index (χ0) is 39.1. The third-order valence-electron chi connectivity index (χ3n) is 12.7. The summed E-state index contributed by atoms with van der Waals surface area (Å²) in [6.45, 7) is 4.25. The van der Waals surface area contributed by atoms with Crippen LogP contribution in [0.5, 0.6) is 5.75 Å². The predicted octanol–water partition coefficient (Wildman–Crippen LogP) is 5.49. The summed E-state index contributed by atoms with van der Waals surface area (Å²) in [7, 11) is 0. The van der Waals surface area contributed by atoms with Gasteiger partial charge in [-0.3, -0.25) is 9.59 Å². The molecule has 14 heteroatoms. The number of rotatable bonds is 15. The van der Waals surface area contributed by atoms with Crippen LogP contribution in [0.3, 0.4) is 0 Å². The molecule has 4 saturated carbocycles. The van der Waals surface area contributed by atoms with Crippen LogP contribution in [0.2, 0.25) is 0 Å². The lowest BCUT2D eigenvalue weighted by atomic mass is 9.49. The quantitative estimate of drug-likeness (QED) is 0.0797. The number of carbonyl (C=O) groups is 2. The highest BCUT2D eigenvalue weighted by atomic mass is 19.1. The number of aromatic amines is 1. The fourth-order valence-electron chi connectivity index (χ4n) is 10.5. The molecule has 0 radical (unpaired) electrons. The van der Waals surface area contributed by atoms with Crippen molar-refractivity contribution >= 4 is 28.7 Å². The molecule has 4 aliphatic carbocycles. The van der Waals surface area contributed by atoms with Gasteiger partial charge >= 0.3 is 0 Å². The van der Waals surface area contributed by atoms with Crippen LogP contribution in [0.15, 0.2) is 53.4 Å². The van der Waals surface area contributed by atoms with E-state index in [-0.39, 0.29) is 35.7 Å². The summed E-state index contributed by atoms with van der Waals surface area (Å²) < 4.78 is 22.2. The van der Waals surface area contributed by atoms with Crippen LogP contribution < -0.4 is 22.1 Å². The van der Waals surface area contributed by atoms with E-state index in [1.165, 1.54) is 50.7 Å². The van der Waals surface area contributed by atoms with Gasteiger partial charge in [0.1, 0.15) is 23.7 Å². The summed E-state index contributed by atoms with van der Waals surface area (Å²) in [6.07, 6.45) is 14.8. The minimum absolute atomic E-state index is 0.116. The van der Waals surface area contributed by atoms with E-state index in [2.05, 4.69) is 25.8 Å². The fraction of sp³-hybridized carbons (Fsp3) is 0.500. The second-order valence-electron chi connectivity index (χ2n) is 17.0. The molecule has 56 heavy (non-hydrogen) atoms. The number of phenols is 1. The van der Waals surface area contributed by atoms with E-state index in [1.807, 2.05) is 13.8 Å². The number of carbonyl (C=O) groups excluding carboxylic acids is 2. The van der Waals surface area contributed by atoms with Crippen molar-refractivity contribution in [2.24, 2.45) is 28.9 Å². The molecule has 0 aliphatic heterocycles. The standard InChI is InChI=1S/C42H52FN9O4/c1-23-10-30(53)11-24(2)31(23)17-35(48-38(54)33(44)4-3-8-52-9-7-46-41(52)45)39(55)49-36(15-28-22-47-34-6-5-29(43)16-32(28)34)40-50-37(51-56-40)21-42-18-25-12-26(19-42)14-27(13-25)20-42/h5-7,9-11,16,22,25-27,33,35-36,47,53H,3-4,8,12-15,17-21,44H2,1-2H3,(H2,45,46)(H,48,54)(H,49,55)/t25?,26?,27?,33?,35?,36-,42?/m0/s1. The Hall–Kier alpha value is -5.24. The van der Waals surface area contributed by atoms with Gasteiger partial charge in [-0.2, -0.15) is 4.98 Å². The van der Waals surface area contributed by atoms with E-state index in [4.69, 9.17) is 21.0 Å². The van der Waals surface area contributed by atoms with Crippen LogP contribution in [0.4, 0.5) is 10.3 Å². The molecule has 296 valence electrons. The van der Waals surface area contributed by atoms with Crippen molar-refractivity contribution in [3.63, 3.8) is 0 Å². The van der Waals surface area contributed by atoms with Crippen LogP contribution in [-0.2, 0) is 35.4 Å². The number of imidazole rings is 1. The fourth-order valence-corrected chi connectivity index (χ4v) is 10.5. The Kier molecular flexibility index (Phi) is 10.3. The maximum absolute atomic E-state index is 14.5. The van der Waals surface area contributed by atoms with Gasteiger partial charge in [-0.25, -0.2) is 9.37 Å². The van der Waals surface area contributed by atoms with E-state index in [1.54, 1.807) is 41.4 Å². The van der Waals surface area contributed by atoms with Gasteiger partial charge in [0.25, 0.3) is 0 Å². The maximum atomic E-state index is 14.5. The number of nitrogens with zero attached hydrogens (tertiary/aromatic N) is 4. The molecule has 2 unspecified atom stereocenters. The number of aryl methyl sites for hydroxylation is 3. The number of hydrogen-bond donors (Lipinski definition) is 6. The smallest absolute Gasteiger partial charge is 0.249 e. The van der Waals surface area contributed by atoms with Crippen molar-refractivity contribution in [3.05, 3.63) is 88.7 Å². The minimum atomic E-state index is -1.04. The molecule has 9 rings (SSSR count). The third kappa shape index (κ3) is 8.02. The van der Waals surface area contributed by atoms with E-state index in [9.17, 15) is 19.1 Å². The molecule has 4 fully saturated rings. The Balaban J connectivity index is 1.05. The van der Waals surface area contributed by atoms with Gasteiger partial charge in [0.05, 0.1) is 6.04 Å². The van der Waals surface area contributed by atoms with Gasteiger partial charge in [0, 0.05) is 55.3 Å². The number of aromatic nitrogens is 5. The van der Waals surface area contributed by atoms with Gasteiger partial charge in [0.15, 0.2) is 11.8 Å². The normalized spacial score (nSPS) is 23.0. The Morgan fingerprint density at radius 2 is 1.77 bits per heavy atom. The van der Waals surface area contributed by atoms with Crippen LogP contribution in [0.25, 0.3) is 10.9 Å². The number of amides is 2. The minimum Gasteiger partial charge on any atom is -0.508 e. The first-order valence-electron chi connectivity index (χ1n) is 19.9. The van der Waals surface area contributed by atoms with E-state index in [0.717, 1.165) is 51.9 Å². The number of H-pyrrole nitrogens is 1. The SMILES string of the molecule is Cc1cc(O)cc(C)c1CC(NC(=O)C(N)CCCn1ccnc1N)C(=O)N[C@@H](Cc1c[nH]c2ccc(F)cc12)c1nc(CC23CC4CC(CC(C4)C2)C3)no1. The highest BCUT2D eigenvalue weighted by molar-refractivity contribution is 5.90. The summed E-state index contributed by atoms with van der Waals surface area (Å²) in [4.78, 5) is 40.4. The number of nitrogen functional groups attached to an aromatic ring is 1. The largest absolute Gasteiger partial charge is 0.508 e. The molecule has 4 bridgehead atoms. The van der Waals surface area contributed by atoms with Crippen LogP contribution in [0.1, 0.15) is 91.4 Å². The molecule has 2 aromatic carbocycles. The van der Waals surface area contributed by atoms with Crippen LogP contribution in [0, 0.1) is 42.8 Å². The van der Waals surface area contributed by atoms with E-state index in [0.29, 0.717) is 36.5 Å². The van der Waals surface area contributed by atoms with Gasteiger partial charge in [-0.15, -0.1) is 0 Å². The molecule has 0 spiro atoms. The zero-order valence-corrected chi connectivity index (χ0v) is 32.1. The number of nitrogens with two attached hydrogens (primary N) is 2. The zero-order valence-electron chi connectivity index (χ0n) is 32.1. The Morgan fingerprint density at radius 3 is 2.45 bits per heavy atom. The second-order valence-corrected chi connectivity index (χ2v) is 17.0. The number of anilines is 1. The molecule has 3 atom stereocenters. The first-order chi connectivity index (χ1) is 26.9. The van der Waals surface area contributed by atoms with Crippen molar-refractivity contribution < 1.29 is 23.6 Å². The second kappa shape index (κ2) is 15.4. The Labute approximate surface area is 325 Å². The lowest BCUT2D eigenvalue weighted by molar-refractivity contribution is -0.130. The highest BCUT2D eigenvalue weighted by Crippen LogP contribution is 2.61. The topological polar surface area (TPSA) is 203 Å². The molecular weight excluding hydrogens is 714 g/mol. The molecule has 0 saturated heterocycles. The molecule has 3 heterocycles. The molecule has 3 aromatic heterocycles. The Bertz CT molecular complexity index is 2170. The number of fused-ring (bicyclic) bond motifs is 1. The lowest BCUT2D eigenvalue weighted by Gasteiger charge is -2.56. The summed E-state index contributed by atoms with van der Waals surface area (Å²) in [5.74, 6) is 2.39. The van der Waals surface area contributed by atoms with Crippen molar-refractivity contribution in [1.82, 2.24) is 35.3 Å². The predicted molar refractivity (Wildman–Crippen MR) is 209 cm³/mol. The molecular formula is C42H52FN9O4. The van der Waals surface area contributed by atoms with Crippen molar-refractivity contribution in [1.29, 1.82) is 0 Å². The van der Waals surface area contributed by atoms with Gasteiger partial charge < -0.3 is 41.3 Å². The first kappa shape index (κ1) is 37.7. The van der Waals surface area contributed by atoms with Gasteiger partial charge in [0.2, 0.25) is 17.7 Å². The average molecular weight is 766 g/mol. The summed E-state index contributed by atoms with van der Waals surface area (Å²) in [6, 6.07) is 5.08. The Morgan fingerprint density at radius 1 is 1.05 bits per heavy atom. The van der Waals surface area contributed by atoms with Crippen molar-refractivity contribution in [2.45, 2.75) is 109 Å². The number of hydrogen-bond acceptors (Lipinski definition) is 9. The van der Waals surface area contributed by atoms with Crippen molar-refractivity contribution in [2.75, 3.05) is 5.73 Å². The molecule has 2 amide bonds. The lowest BCUT2D eigenvalue weighted by Crippen LogP contribution is -2.53. The number of nitrogens with one attached hydrogen (secondary N) is 3. The first-order valence-corrected chi connectivity index (χ1v) is 19.9. The average Bonchev–Trinajstić information content (AvgIpc) is 3.88. The monoisotopic (exact) mass is 765 g/mol. The highest BCUT2D eigenvalue weighted by Gasteiger charge is 2.51. The third-order valence-corrected chi connectivity index (χ3v) is 12.7. The summed E-state index contributed by atoms with van der Waals surface area (Å²) in [5, 5.41) is 21.5.